The van der Waals surface area contributed by atoms with Gasteiger partial charge in [-0.15, -0.1) is 6.42 Å². The first-order valence-corrected chi connectivity index (χ1v) is 5.62. The van der Waals surface area contributed by atoms with Crippen LogP contribution in [-0.4, -0.2) is 23.1 Å². The van der Waals surface area contributed by atoms with Crippen molar-refractivity contribution in [2.75, 3.05) is 5.32 Å². The third-order valence-corrected chi connectivity index (χ3v) is 2.36. The maximum atomic E-state index is 12.7. The van der Waals surface area contributed by atoms with Gasteiger partial charge in [-0.2, -0.15) is 13.2 Å². The predicted molar refractivity (Wildman–Crippen MR) is 68.9 cm³/mol. The number of urea groups is 1. The van der Waals surface area contributed by atoms with Crippen LogP contribution in [0.3, 0.4) is 0 Å². The number of amides is 2. The van der Waals surface area contributed by atoms with E-state index >= 15 is 0 Å². The van der Waals surface area contributed by atoms with Crippen LogP contribution >= 0.6 is 0 Å². The van der Waals surface area contributed by atoms with Gasteiger partial charge in [0.25, 0.3) is 0 Å². The molecule has 1 unspecified atom stereocenters. The summed E-state index contributed by atoms with van der Waals surface area (Å²) in [5.41, 5.74) is -2.07. The number of carboxylic acids is 1. The van der Waals surface area contributed by atoms with Gasteiger partial charge in [-0.3, -0.25) is 0 Å². The molecule has 5 nitrogen and oxygen atoms in total. The van der Waals surface area contributed by atoms with E-state index in [0.717, 1.165) is 6.07 Å². The fourth-order valence-electron chi connectivity index (χ4n) is 1.39. The van der Waals surface area contributed by atoms with E-state index in [9.17, 15) is 22.8 Å². The second kappa shape index (κ2) is 6.17. The topological polar surface area (TPSA) is 78.4 Å². The molecule has 3 N–H and O–H groups in total. The number of halogens is 3. The fraction of sp³-hybridized carbons (Fsp3) is 0.231. The molecule has 112 valence electrons. The fourth-order valence-corrected chi connectivity index (χ4v) is 1.39. The lowest BCUT2D eigenvalue weighted by Gasteiger charge is -2.13. The average Bonchev–Trinajstić information content (AvgIpc) is 2.36. The number of alkyl halides is 3. The third kappa shape index (κ3) is 4.72. The molecule has 0 aliphatic carbocycles. The van der Waals surface area contributed by atoms with Crippen LogP contribution in [0.25, 0.3) is 0 Å². The van der Waals surface area contributed by atoms with E-state index in [1.165, 1.54) is 6.92 Å². The third-order valence-electron chi connectivity index (χ3n) is 2.36. The zero-order valence-electron chi connectivity index (χ0n) is 10.8. The van der Waals surface area contributed by atoms with Gasteiger partial charge in [0.1, 0.15) is 0 Å². The van der Waals surface area contributed by atoms with E-state index in [-0.39, 0.29) is 5.69 Å². The molecule has 0 spiro atoms. The Morgan fingerprint density at radius 2 is 1.95 bits per heavy atom. The van der Waals surface area contributed by atoms with E-state index in [2.05, 4.69) is 16.6 Å². The minimum Gasteiger partial charge on any atom is -0.478 e. The van der Waals surface area contributed by atoms with Gasteiger partial charge in [0.05, 0.1) is 17.2 Å². The summed E-state index contributed by atoms with van der Waals surface area (Å²) in [6, 6.07) is 0.561. The van der Waals surface area contributed by atoms with E-state index in [0.29, 0.717) is 12.1 Å². The molecular formula is C13H11F3N2O3. The van der Waals surface area contributed by atoms with E-state index in [4.69, 9.17) is 11.5 Å². The van der Waals surface area contributed by atoms with Crippen molar-refractivity contribution in [2.45, 2.75) is 19.1 Å². The van der Waals surface area contributed by atoms with Crippen LogP contribution in [0.5, 0.6) is 0 Å². The molecule has 0 fully saturated rings. The summed E-state index contributed by atoms with van der Waals surface area (Å²) in [6.45, 7) is 1.49. The summed E-state index contributed by atoms with van der Waals surface area (Å²) in [6.07, 6.45) is 0.308. The highest BCUT2D eigenvalue weighted by Gasteiger charge is 2.32. The Morgan fingerprint density at radius 3 is 2.43 bits per heavy atom. The number of rotatable bonds is 3. The van der Waals surface area contributed by atoms with Gasteiger partial charge in [0.2, 0.25) is 0 Å². The number of carbonyl (C=O) groups is 2. The number of anilines is 1. The van der Waals surface area contributed by atoms with Crippen molar-refractivity contribution >= 4 is 17.7 Å². The zero-order chi connectivity index (χ0) is 16.2. The van der Waals surface area contributed by atoms with Gasteiger partial charge in [0, 0.05) is 5.69 Å². The molecule has 0 saturated carbocycles. The molecule has 0 heterocycles. The van der Waals surface area contributed by atoms with Gasteiger partial charge < -0.3 is 15.7 Å². The number of carboxylic acid groups (broad SMARTS) is 1. The summed E-state index contributed by atoms with van der Waals surface area (Å²) >= 11 is 0. The number of hydrogen-bond donors (Lipinski definition) is 3. The average molecular weight is 300 g/mol. The largest absolute Gasteiger partial charge is 0.478 e. The number of nitrogens with one attached hydrogen (secondary N) is 2. The Morgan fingerprint density at radius 1 is 1.33 bits per heavy atom. The minimum atomic E-state index is -4.73. The van der Waals surface area contributed by atoms with Crippen LogP contribution in [0.1, 0.15) is 22.8 Å². The molecule has 2 amide bonds. The lowest BCUT2D eigenvalue weighted by atomic mass is 10.1. The highest BCUT2D eigenvalue weighted by atomic mass is 19.4. The molecule has 0 bridgehead atoms. The van der Waals surface area contributed by atoms with E-state index < -0.39 is 35.3 Å². The van der Waals surface area contributed by atoms with Crippen LogP contribution in [-0.2, 0) is 6.18 Å². The van der Waals surface area contributed by atoms with Crippen LogP contribution in [0.15, 0.2) is 18.2 Å². The number of terminal acetylenes is 1. The van der Waals surface area contributed by atoms with Gasteiger partial charge in [-0.05, 0) is 25.1 Å². The van der Waals surface area contributed by atoms with Crippen LogP contribution in [0.4, 0.5) is 23.7 Å². The molecule has 0 aliphatic rings. The Kier molecular flexibility index (Phi) is 4.81. The van der Waals surface area contributed by atoms with Gasteiger partial charge in [-0.1, -0.05) is 5.92 Å². The van der Waals surface area contributed by atoms with Crippen molar-refractivity contribution in [1.29, 1.82) is 0 Å². The van der Waals surface area contributed by atoms with Crippen LogP contribution < -0.4 is 10.6 Å². The van der Waals surface area contributed by atoms with E-state index in [1.54, 1.807) is 0 Å². The zero-order valence-corrected chi connectivity index (χ0v) is 10.8. The first-order valence-electron chi connectivity index (χ1n) is 5.62. The smallest absolute Gasteiger partial charge is 0.416 e. The van der Waals surface area contributed by atoms with E-state index in [1.807, 2.05) is 0 Å². The number of benzene rings is 1. The molecule has 1 rings (SSSR count). The maximum absolute atomic E-state index is 12.7. The highest BCUT2D eigenvalue weighted by Crippen LogP contribution is 2.32. The summed E-state index contributed by atoms with van der Waals surface area (Å²) in [5, 5.41) is 13.2. The van der Waals surface area contributed by atoms with Gasteiger partial charge in [0.15, 0.2) is 0 Å². The Hall–Kier alpha value is -2.69. The predicted octanol–water partition coefficient (Wildman–Crippen LogP) is 2.55. The second-order valence-corrected chi connectivity index (χ2v) is 4.09. The Balaban J connectivity index is 3.07. The second-order valence-electron chi connectivity index (χ2n) is 4.09. The molecule has 8 heteroatoms. The standard InChI is InChI=1S/C13H11F3N2O3/c1-3-7(2)17-12(21)18-10-5-8(11(19)20)4-9(6-10)13(14,15)16/h1,4-7H,2H3,(H,19,20)(H2,17,18,21). The van der Waals surface area contributed by atoms with Crippen molar-refractivity contribution in [1.82, 2.24) is 5.32 Å². The summed E-state index contributed by atoms with van der Waals surface area (Å²) in [4.78, 5) is 22.3. The van der Waals surface area contributed by atoms with Crippen molar-refractivity contribution in [2.24, 2.45) is 0 Å². The minimum absolute atomic E-state index is 0.302. The van der Waals surface area contributed by atoms with Crippen molar-refractivity contribution in [3.63, 3.8) is 0 Å². The monoisotopic (exact) mass is 300 g/mol. The first-order chi connectivity index (χ1) is 9.63. The Labute approximate surface area is 118 Å². The molecule has 1 aromatic carbocycles. The molecule has 0 aromatic heterocycles. The highest BCUT2D eigenvalue weighted by molar-refractivity contribution is 5.93. The van der Waals surface area contributed by atoms with Gasteiger partial charge >= 0.3 is 18.2 Å². The van der Waals surface area contributed by atoms with Crippen molar-refractivity contribution in [3.05, 3.63) is 29.3 Å². The molecule has 0 radical (unpaired) electrons. The van der Waals surface area contributed by atoms with Gasteiger partial charge in [-0.25, -0.2) is 9.59 Å². The van der Waals surface area contributed by atoms with Crippen LogP contribution in [0.2, 0.25) is 0 Å². The summed E-state index contributed by atoms with van der Waals surface area (Å²) in [5.74, 6) is 0.661. The normalized spacial score (nSPS) is 12.1. The molecular weight excluding hydrogens is 289 g/mol. The maximum Gasteiger partial charge on any atom is 0.416 e. The Bertz CT molecular complexity index is 606. The number of hydrogen-bond acceptors (Lipinski definition) is 2. The quantitative estimate of drug-likeness (QED) is 0.751. The number of carbonyl (C=O) groups excluding carboxylic acids is 1. The lowest BCUT2D eigenvalue weighted by Crippen LogP contribution is -2.35. The molecule has 1 aromatic rings. The SMILES string of the molecule is C#CC(C)NC(=O)Nc1cc(C(=O)O)cc(C(F)(F)F)c1. The molecule has 21 heavy (non-hydrogen) atoms. The molecule has 0 aliphatic heterocycles. The van der Waals surface area contributed by atoms with Crippen molar-refractivity contribution in [3.8, 4) is 12.3 Å². The molecule has 0 saturated heterocycles. The van der Waals surface area contributed by atoms with Crippen molar-refractivity contribution < 1.29 is 27.9 Å². The number of aromatic carboxylic acids is 1. The molecule has 1 atom stereocenters. The summed E-state index contributed by atoms with van der Waals surface area (Å²) in [7, 11) is 0. The van der Waals surface area contributed by atoms with Crippen LogP contribution in [0, 0.1) is 12.3 Å². The summed E-state index contributed by atoms with van der Waals surface area (Å²) < 4.78 is 38.0. The lowest BCUT2D eigenvalue weighted by molar-refractivity contribution is -0.137. The first kappa shape index (κ1) is 16.4.